The normalized spacial score (nSPS) is 10.6. The van der Waals surface area contributed by atoms with E-state index < -0.39 is 0 Å². The molecule has 1 aromatic heterocycles. The third kappa shape index (κ3) is 4.90. The van der Waals surface area contributed by atoms with Gasteiger partial charge in [-0.2, -0.15) is 5.10 Å². The van der Waals surface area contributed by atoms with Crippen LogP contribution >= 0.6 is 0 Å². The van der Waals surface area contributed by atoms with E-state index >= 15 is 0 Å². The van der Waals surface area contributed by atoms with E-state index in [4.69, 9.17) is 0 Å². The maximum absolute atomic E-state index is 11.8. The fourth-order valence-electron chi connectivity index (χ4n) is 1.91. The van der Waals surface area contributed by atoms with Crippen LogP contribution < -0.4 is 10.6 Å². The second-order valence-corrected chi connectivity index (χ2v) is 4.88. The Morgan fingerprint density at radius 1 is 1.36 bits per heavy atom. The number of carbonyl (C=O) groups excluding carboxylic acids is 2. The van der Waals surface area contributed by atoms with E-state index in [1.807, 2.05) is 31.4 Å². The van der Waals surface area contributed by atoms with E-state index in [9.17, 15) is 9.59 Å². The van der Waals surface area contributed by atoms with E-state index in [0.717, 1.165) is 11.1 Å². The zero-order valence-corrected chi connectivity index (χ0v) is 12.5. The van der Waals surface area contributed by atoms with Crippen molar-refractivity contribution in [2.24, 2.45) is 7.05 Å². The monoisotopic (exact) mass is 298 g/mol. The lowest BCUT2D eigenvalue weighted by Crippen LogP contribution is -2.20. The highest BCUT2D eigenvalue weighted by Crippen LogP contribution is 2.10. The number of nitrogens with one attached hydrogen (secondary N) is 2. The summed E-state index contributed by atoms with van der Waals surface area (Å²) in [6, 6.07) is 7.34. The summed E-state index contributed by atoms with van der Waals surface area (Å²) < 4.78 is 1.67. The van der Waals surface area contributed by atoms with Gasteiger partial charge in [0.2, 0.25) is 11.8 Å². The lowest BCUT2D eigenvalue weighted by Gasteiger charge is -2.06. The van der Waals surface area contributed by atoms with Gasteiger partial charge < -0.3 is 10.6 Å². The zero-order chi connectivity index (χ0) is 15.9. The molecule has 0 unspecified atom stereocenters. The number of aryl methyl sites for hydroxylation is 1. The molecule has 22 heavy (non-hydrogen) atoms. The summed E-state index contributed by atoms with van der Waals surface area (Å²) in [6.07, 6.45) is 6.67. The molecular formula is C16H18N4O2. The average Bonchev–Trinajstić information content (AvgIpc) is 2.88. The molecule has 2 rings (SSSR count). The fourth-order valence-corrected chi connectivity index (χ4v) is 1.91. The van der Waals surface area contributed by atoms with Gasteiger partial charge in [0.25, 0.3) is 0 Å². The van der Waals surface area contributed by atoms with Gasteiger partial charge in [-0.05, 0) is 23.8 Å². The third-order valence-corrected chi connectivity index (χ3v) is 2.87. The summed E-state index contributed by atoms with van der Waals surface area (Å²) in [6.45, 7) is 1.85. The molecule has 1 heterocycles. The van der Waals surface area contributed by atoms with Crippen molar-refractivity contribution in [3.63, 3.8) is 0 Å². The Balaban J connectivity index is 1.88. The number of hydrogen-bond donors (Lipinski definition) is 2. The van der Waals surface area contributed by atoms with E-state index in [-0.39, 0.29) is 11.8 Å². The molecule has 0 aliphatic carbocycles. The van der Waals surface area contributed by atoms with Crippen LogP contribution in [0.5, 0.6) is 0 Å². The lowest BCUT2D eigenvalue weighted by molar-refractivity contribution is -0.116. The van der Waals surface area contributed by atoms with Crippen molar-refractivity contribution in [2.45, 2.75) is 13.5 Å². The van der Waals surface area contributed by atoms with Crippen LogP contribution in [0, 0.1) is 0 Å². The van der Waals surface area contributed by atoms with Crippen molar-refractivity contribution < 1.29 is 9.59 Å². The van der Waals surface area contributed by atoms with Crippen molar-refractivity contribution in [3.8, 4) is 0 Å². The number of benzene rings is 1. The maximum Gasteiger partial charge on any atom is 0.244 e. The molecule has 6 heteroatoms. The Morgan fingerprint density at radius 3 is 2.86 bits per heavy atom. The molecule has 0 aliphatic heterocycles. The molecule has 0 radical (unpaired) electrons. The minimum atomic E-state index is -0.186. The lowest BCUT2D eigenvalue weighted by atomic mass is 10.2. The summed E-state index contributed by atoms with van der Waals surface area (Å²) in [5, 5.41) is 9.52. The Labute approximate surface area is 128 Å². The van der Waals surface area contributed by atoms with Crippen molar-refractivity contribution in [2.75, 3.05) is 5.32 Å². The smallest absolute Gasteiger partial charge is 0.244 e. The van der Waals surface area contributed by atoms with Crippen molar-refractivity contribution in [1.82, 2.24) is 15.1 Å². The van der Waals surface area contributed by atoms with Crippen molar-refractivity contribution >= 4 is 23.6 Å². The molecule has 0 aliphatic rings. The first-order valence-electron chi connectivity index (χ1n) is 6.84. The standard InChI is InChI=1S/C16H18N4O2/c1-12(21)19-15-5-3-4-13(8-15)9-17-16(22)7-6-14-10-18-20(2)11-14/h3-8,10-11H,9H2,1-2H3,(H,17,22)(H,19,21)/b7-6-. The summed E-state index contributed by atoms with van der Waals surface area (Å²) >= 11 is 0. The van der Waals surface area contributed by atoms with Crippen molar-refractivity contribution in [1.29, 1.82) is 0 Å². The fraction of sp³-hybridized carbons (Fsp3) is 0.188. The summed E-state index contributed by atoms with van der Waals surface area (Å²) in [7, 11) is 1.82. The van der Waals surface area contributed by atoms with Crippen LogP contribution in [-0.4, -0.2) is 21.6 Å². The Morgan fingerprint density at radius 2 is 2.18 bits per heavy atom. The molecule has 2 amide bonds. The van der Waals surface area contributed by atoms with Gasteiger partial charge in [0.05, 0.1) is 6.20 Å². The first-order valence-corrected chi connectivity index (χ1v) is 6.84. The molecule has 0 spiro atoms. The number of amides is 2. The topological polar surface area (TPSA) is 76.0 Å². The molecule has 0 fully saturated rings. The quantitative estimate of drug-likeness (QED) is 0.825. The summed E-state index contributed by atoms with van der Waals surface area (Å²) in [5.41, 5.74) is 2.49. The average molecular weight is 298 g/mol. The number of anilines is 1. The Kier molecular flexibility index (Phi) is 5.08. The SMILES string of the molecule is CC(=O)Nc1cccc(CNC(=O)/C=C\c2cnn(C)c2)c1. The molecule has 1 aromatic carbocycles. The molecular weight excluding hydrogens is 280 g/mol. The third-order valence-electron chi connectivity index (χ3n) is 2.87. The van der Waals surface area contributed by atoms with Gasteiger partial charge in [0.15, 0.2) is 0 Å². The molecule has 6 nitrogen and oxygen atoms in total. The number of hydrogen-bond acceptors (Lipinski definition) is 3. The predicted octanol–water partition coefficient (Wildman–Crippen LogP) is 1.71. The largest absolute Gasteiger partial charge is 0.348 e. The van der Waals surface area contributed by atoms with E-state index in [1.54, 1.807) is 23.0 Å². The van der Waals surface area contributed by atoms with Gasteiger partial charge >= 0.3 is 0 Å². The van der Waals surface area contributed by atoms with Crippen LogP contribution in [0.15, 0.2) is 42.7 Å². The first-order chi connectivity index (χ1) is 10.5. The van der Waals surface area contributed by atoms with Gasteiger partial charge in [-0.3, -0.25) is 14.3 Å². The maximum atomic E-state index is 11.8. The highest BCUT2D eigenvalue weighted by atomic mass is 16.2. The summed E-state index contributed by atoms with van der Waals surface area (Å²) in [5.74, 6) is -0.311. The van der Waals surface area contributed by atoms with E-state index in [0.29, 0.717) is 12.2 Å². The second-order valence-electron chi connectivity index (χ2n) is 4.88. The number of nitrogens with zero attached hydrogens (tertiary/aromatic N) is 2. The van der Waals surface area contributed by atoms with Gasteiger partial charge in [-0.1, -0.05) is 12.1 Å². The highest BCUT2D eigenvalue weighted by molar-refractivity contribution is 5.91. The molecule has 114 valence electrons. The van der Waals surface area contributed by atoms with Gasteiger partial charge in [-0.25, -0.2) is 0 Å². The zero-order valence-electron chi connectivity index (χ0n) is 12.5. The number of carbonyl (C=O) groups is 2. The minimum absolute atomic E-state index is 0.124. The predicted molar refractivity (Wildman–Crippen MR) is 84.8 cm³/mol. The van der Waals surface area contributed by atoms with Gasteiger partial charge in [0.1, 0.15) is 0 Å². The Bertz CT molecular complexity index is 704. The molecule has 0 bridgehead atoms. The molecule has 2 N–H and O–H groups in total. The highest BCUT2D eigenvalue weighted by Gasteiger charge is 2.00. The first kappa shape index (κ1) is 15.5. The number of rotatable bonds is 5. The Hall–Kier alpha value is -2.89. The van der Waals surface area contributed by atoms with Crippen LogP contribution in [0.3, 0.4) is 0 Å². The minimum Gasteiger partial charge on any atom is -0.348 e. The molecule has 0 atom stereocenters. The van der Waals surface area contributed by atoms with Crippen molar-refractivity contribution in [3.05, 3.63) is 53.9 Å². The van der Waals surface area contributed by atoms with Gasteiger partial charge in [-0.15, -0.1) is 0 Å². The van der Waals surface area contributed by atoms with Crippen LogP contribution in [0.4, 0.5) is 5.69 Å². The van der Waals surface area contributed by atoms with Crippen LogP contribution in [0.1, 0.15) is 18.1 Å². The van der Waals surface area contributed by atoms with E-state index in [1.165, 1.54) is 13.0 Å². The van der Waals surface area contributed by atoms with Gasteiger partial charge in [0, 0.05) is 44.0 Å². The molecule has 2 aromatic rings. The second kappa shape index (κ2) is 7.21. The van der Waals surface area contributed by atoms with Crippen LogP contribution in [-0.2, 0) is 23.2 Å². The van der Waals surface area contributed by atoms with Crippen LogP contribution in [0.2, 0.25) is 0 Å². The van der Waals surface area contributed by atoms with Crippen LogP contribution in [0.25, 0.3) is 6.08 Å². The van der Waals surface area contributed by atoms with E-state index in [2.05, 4.69) is 15.7 Å². The number of aromatic nitrogens is 2. The summed E-state index contributed by atoms with van der Waals surface area (Å²) in [4.78, 5) is 22.8. The molecule has 0 saturated carbocycles. The molecule has 0 saturated heterocycles.